The molecule has 0 radical (unpaired) electrons. The summed E-state index contributed by atoms with van der Waals surface area (Å²) < 4.78 is 12.8. The first-order valence-corrected chi connectivity index (χ1v) is 5.42. The van der Waals surface area contributed by atoms with Crippen LogP contribution in [0.1, 0.15) is 17.0 Å². The summed E-state index contributed by atoms with van der Waals surface area (Å²) in [6.07, 6.45) is 0. The van der Waals surface area contributed by atoms with Crippen LogP contribution in [0, 0.1) is 19.7 Å². The maximum absolute atomic E-state index is 12.8. The Labute approximate surface area is 99.5 Å². The third-order valence-corrected chi connectivity index (χ3v) is 2.73. The fourth-order valence-corrected chi connectivity index (χ4v) is 1.76. The minimum atomic E-state index is -0.263. The van der Waals surface area contributed by atoms with E-state index in [1.807, 2.05) is 13.8 Å². The summed E-state index contributed by atoms with van der Waals surface area (Å²) in [6.45, 7) is 4.25. The van der Waals surface area contributed by atoms with Crippen molar-refractivity contribution in [2.75, 3.05) is 0 Å². The van der Waals surface area contributed by atoms with Crippen LogP contribution in [0.15, 0.2) is 24.3 Å². The van der Waals surface area contributed by atoms with E-state index in [4.69, 9.17) is 5.73 Å². The lowest BCUT2D eigenvalue weighted by molar-refractivity contribution is 0.628. The van der Waals surface area contributed by atoms with Gasteiger partial charge in [0, 0.05) is 29.1 Å². The highest BCUT2D eigenvalue weighted by atomic mass is 19.1. The smallest absolute Gasteiger partial charge is 0.159 e. The van der Waals surface area contributed by atoms with Gasteiger partial charge in [-0.15, -0.1) is 0 Å². The summed E-state index contributed by atoms with van der Waals surface area (Å²) in [7, 11) is 0. The third kappa shape index (κ3) is 2.31. The minimum absolute atomic E-state index is 0.263. The average Bonchev–Trinajstić information content (AvgIpc) is 2.29. The third-order valence-electron chi connectivity index (χ3n) is 2.73. The average molecular weight is 231 g/mol. The van der Waals surface area contributed by atoms with Gasteiger partial charge < -0.3 is 5.73 Å². The van der Waals surface area contributed by atoms with Crippen molar-refractivity contribution >= 4 is 0 Å². The van der Waals surface area contributed by atoms with Crippen LogP contribution in [0.3, 0.4) is 0 Å². The highest BCUT2D eigenvalue weighted by molar-refractivity contribution is 5.55. The van der Waals surface area contributed by atoms with E-state index in [0.29, 0.717) is 12.4 Å². The first kappa shape index (κ1) is 11.7. The summed E-state index contributed by atoms with van der Waals surface area (Å²) in [4.78, 5) is 8.78. The van der Waals surface area contributed by atoms with Crippen LogP contribution in [-0.2, 0) is 6.54 Å². The van der Waals surface area contributed by atoms with Crippen LogP contribution in [0.25, 0.3) is 11.4 Å². The number of benzene rings is 1. The zero-order valence-electron chi connectivity index (χ0n) is 9.87. The molecule has 2 aromatic rings. The molecule has 4 heteroatoms. The predicted octanol–water partition coefficient (Wildman–Crippen LogP) is 2.36. The van der Waals surface area contributed by atoms with Gasteiger partial charge in [-0.05, 0) is 38.1 Å². The maximum Gasteiger partial charge on any atom is 0.159 e. The molecule has 1 aromatic carbocycles. The van der Waals surface area contributed by atoms with E-state index in [0.717, 1.165) is 22.5 Å². The highest BCUT2D eigenvalue weighted by Gasteiger charge is 2.08. The Kier molecular flexibility index (Phi) is 3.15. The SMILES string of the molecule is Cc1nc(-c2ccc(F)cc2)nc(C)c1CN. The van der Waals surface area contributed by atoms with Gasteiger partial charge in [-0.2, -0.15) is 0 Å². The minimum Gasteiger partial charge on any atom is -0.326 e. The van der Waals surface area contributed by atoms with Crippen molar-refractivity contribution in [1.29, 1.82) is 0 Å². The molecule has 0 aliphatic rings. The predicted molar refractivity (Wildman–Crippen MR) is 64.8 cm³/mol. The van der Waals surface area contributed by atoms with Gasteiger partial charge in [0.15, 0.2) is 5.82 Å². The van der Waals surface area contributed by atoms with Gasteiger partial charge in [0.25, 0.3) is 0 Å². The van der Waals surface area contributed by atoms with Gasteiger partial charge in [-0.25, -0.2) is 14.4 Å². The van der Waals surface area contributed by atoms with Crippen molar-refractivity contribution in [3.05, 3.63) is 47.0 Å². The van der Waals surface area contributed by atoms with E-state index in [2.05, 4.69) is 9.97 Å². The number of halogens is 1. The molecule has 3 nitrogen and oxygen atoms in total. The number of nitrogens with zero attached hydrogens (tertiary/aromatic N) is 2. The molecule has 1 heterocycles. The molecule has 0 aliphatic heterocycles. The Morgan fingerprint density at radius 2 is 1.59 bits per heavy atom. The summed E-state index contributed by atoms with van der Waals surface area (Å²) in [5, 5.41) is 0. The van der Waals surface area contributed by atoms with E-state index >= 15 is 0 Å². The van der Waals surface area contributed by atoms with Crippen molar-refractivity contribution in [3.63, 3.8) is 0 Å². The Morgan fingerprint density at radius 3 is 2.06 bits per heavy atom. The molecule has 17 heavy (non-hydrogen) atoms. The van der Waals surface area contributed by atoms with E-state index in [1.165, 1.54) is 12.1 Å². The summed E-state index contributed by atoms with van der Waals surface area (Å²) >= 11 is 0. The molecule has 2 N–H and O–H groups in total. The largest absolute Gasteiger partial charge is 0.326 e. The normalized spacial score (nSPS) is 10.6. The number of hydrogen-bond acceptors (Lipinski definition) is 3. The highest BCUT2D eigenvalue weighted by Crippen LogP contribution is 2.18. The lowest BCUT2D eigenvalue weighted by Crippen LogP contribution is -2.07. The second-order valence-electron chi connectivity index (χ2n) is 3.91. The van der Waals surface area contributed by atoms with E-state index in [9.17, 15) is 4.39 Å². The molecule has 0 bridgehead atoms. The molecule has 0 atom stereocenters. The molecule has 88 valence electrons. The quantitative estimate of drug-likeness (QED) is 0.863. The zero-order valence-corrected chi connectivity index (χ0v) is 9.87. The number of rotatable bonds is 2. The van der Waals surface area contributed by atoms with Gasteiger partial charge in [-0.1, -0.05) is 0 Å². The molecule has 1 aromatic heterocycles. The van der Waals surface area contributed by atoms with Crippen molar-refractivity contribution in [3.8, 4) is 11.4 Å². The standard InChI is InChI=1S/C13H14FN3/c1-8-12(7-15)9(2)17-13(16-8)10-3-5-11(14)6-4-10/h3-6H,7,15H2,1-2H3. The molecule has 0 spiro atoms. The lowest BCUT2D eigenvalue weighted by atomic mass is 10.1. The van der Waals surface area contributed by atoms with Crippen LogP contribution in [0.4, 0.5) is 4.39 Å². The first-order valence-electron chi connectivity index (χ1n) is 5.42. The van der Waals surface area contributed by atoms with Crippen LogP contribution in [0.2, 0.25) is 0 Å². The zero-order chi connectivity index (χ0) is 12.4. The van der Waals surface area contributed by atoms with E-state index in [-0.39, 0.29) is 5.82 Å². The topological polar surface area (TPSA) is 51.8 Å². The van der Waals surface area contributed by atoms with E-state index in [1.54, 1.807) is 12.1 Å². The molecule has 0 saturated carbocycles. The van der Waals surface area contributed by atoms with Crippen molar-refractivity contribution in [2.45, 2.75) is 20.4 Å². The second-order valence-corrected chi connectivity index (χ2v) is 3.91. The summed E-state index contributed by atoms with van der Waals surface area (Å²) in [5.41, 5.74) is 9.15. The molecule has 2 rings (SSSR count). The fourth-order valence-electron chi connectivity index (χ4n) is 1.76. The summed E-state index contributed by atoms with van der Waals surface area (Å²) in [5.74, 6) is 0.345. The fraction of sp³-hybridized carbons (Fsp3) is 0.231. The number of aromatic nitrogens is 2. The monoisotopic (exact) mass is 231 g/mol. The maximum atomic E-state index is 12.8. The molecule has 0 aliphatic carbocycles. The first-order chi connectivity index (χ1) is 8.11. The number of aryl methyl sites for hydroxylation is 2. The summed E-state index contributed by atoms with van der Waals surface area (Å²) in [6, 6.07) is 6.15. The van der Waals surface area contributed by atoms with Crippen LogP contribution in [-0.4, -0.2) is 9.97 Å². The molecule has 0 unspecified atom stereocenters. The van der Waals surface area contributed by atoms with Crippen LogP contribution < -0.4 is 5.73 Å². The second kappa shape index (κ2) is 4.59. The van der Waals surface area contributed by atoms with Gasteiger partial charge in [-0.3, -0.25) is 0 Å². The molecular formula is C13H14FN3. The Hall–Kier alpha value is -1.81. The number of hydrogen-bond donors (Lipinski definition) is 1. The van der Waals surface area contributed by atoms with Crippen molar-refractivity contribution < 1.29 is 4.39 Å². The lowest BCUT2D eigenvalue weighted by Gasteiger charge is -2.08. The molecular weight excluding hydrogens is 217 g/mol. The van der Waals surface area contributed by atoms with Crippen LogP contribution in [0.5, 0.6) is 0 Å². The van der Waals surface area contributed by atoms with Gasteiger partial charge in [0.1, 0.15) is 5.82 Å². The molecule has 0 fully saturated rings. The van der Waals surface area contributed by atoms with Crippen molar-refractivity contribution in [1.82, 2.24) is 9.97 Å². The van der Waals surface area contributed by atoms with Crippen molar-refractivity contribution in [2.24, 2.45) is 5.73 Å². The Morgan fingerprint density at radius 1 is 1.06 bits per heavy atom. The molecule has 0 amide bonds. The van der Waals surface area contributed by atoms with Crippen LogP contribution >= 0.6 is 0 Å². The van der Waals surface area contributed by atoms with Gasteiger partial charge in [0.2, 0.25) is 0 Å². The van der Waals surface area contributed by atoms with Gasteiger partial charge in [0.05, 0.1) is 0 Å². The Balaban J connectivity index is 2.50. The Bertz CT molecular complexity index is 512. The van der Waals surface area contributed by atoms with Gasteiger partial charge >= 0.3 is 0 Å². The molecule has 0 saturated heterocycles. The van der Waals surface area contributed by atoms with E-state index < -0.39 is 0 Å². The number of nitrogens with two attached hydrogens (primary N) is 1.